The van der Waals surface area contributed by atoms with E-state index in [1.54, 1.807) is 18.2 Å². The molecule has 3 aromatic heterocycles. The van der Waals surface area contributed by atoms with Gasteiger partial charge in [0.2, 0.25) is 11.8 Å². The van der Waals surface area contributed by atoms with E-state index in [9.17, 15) is 13.2 Å². The van der Waals surface area contributed by atoms with Crippen LogP contribution in [0.1, 0.15) is 11.9 Å². The van der Waals surface area contributed by atoms with Gasteiger partial charge in [-0.2, -0.15) is 4.98 Å². The fraction of sp³-hybridized carbons (Fsp3) is 0.429. The molecule has 1 saturated heterocycles. The van der Waals surface area contributed by atoms with Crippen LogP contribution in [0.2, 0.25) is 0 Å². The molecule has 0 saturated carbocycles. The molecule has 1 fully saturated rings. The van der Waals surface area contributed by atoms with Crippen molar-refractivity contribution in [2.45, 2.75) is 24.9 Å². The number of fused-ring (bicyclic) bond motifs is 2. The zero-order valence-corrected chi connectivity index (χ0v) is 17.6. The molecule has 1 aliphatic heterocycles. The number of nitrogens with zero attached hydrogens (tertiary/aromatic N) is 7. The Morgan fingerprint density at radius 1 is 1.36 bits per heavy atom. The molecule has 0 bridgehead atoms. The maximum atomic E-state index is 14.8. The van der Waals surface area contributed by atoms with E-state index >= 15 is 0 Å². The number of piperidine rings is 1. The summed E-state index contributed by atoms with van der Waals surface area (Å²) < 4.78 is 81.3. The number of halogens is 3. The fourth-order valence-electron chi connectivity index (χ4n) is 4.00. The minimum atomic E-state index is -3.37. The van der Waals surface area contributed by atoms with Crippen molar-refractivity contribution in [1.82, 2.24) is 34.5 Å². The number of ether oxygens (including phenoxy) is 1. The van der Waals surface area contributed by atoms with Crippen LogP contribution in [-0.2, 0) is 6.54 Å². The highest BCUT2D eigenvalue weighted by atomic mass is 19.3. The third kappa shape index (κ3) is 3.84. The third-order valence-electron chi connectivity index (χ3n) is 5.62. The highest BCUT2D eigenvalue weighted by Crippen LogP contribution is 2.34. The molecule has 1 N–H and O–H groups in total. The number of likely N-dealkylation sites (tertiary alicyclic amines) is 1. The molecule has 4 heterocycles. The van der Waals surface area contributed by atoms with Crippen molar-refractivity contribution in [1.29, 1.82) is 0 Å². The van der Waals surface area contributed by atoms with E-state index in [1.807, 2.05) is 0 Å². The van der Waals surface area contributed by atoms with Crippen LogP contribution in [0.15, 0.2) is 30.4 Å². The van der Waals surface area contributed by atoms with Crippen LogP contribution in [0.25, 0.3) is 27.7 Å². The molecule has 4 aromatic rings. The standard InChI is InChI=1S/C21H23F3N8O/c1-30-8-6-17(21(23,24)12-30)25-20-26-19(33-2)18-14(5-9-32(18)28-20)13-3-4-15-16(11-13)31(10-7-22)29-27-15/h3-5,9,11,17H,6-8,10,12H2,1-2H3,(H,25,28)/t17-/m1/s1/i1D3,9D. The predicted octanol–water partition coefficient (Wildman–Crippen LogP) is 2.87. The minimum Gasteiger partial charge on any atom is -0.479 e. The Balaban J connectivity index is 1.51. The first-order valence-electron chi connectivity index (χ1n) is 12.2. The van der Waals surface area contributed by atoms with Gasteiger partial charge in [0.05, 0.1) is 33.1 Å². The first kappa shape index (κ1) is 17.1. The SMILES string of the molecule is [2H]c1cc(-c2ccc3nnn(CCF)c3c2)c2c(OC)nc(N[C@@H]3CCN(C([2H])([2H])[2H])CC3(F)F)nn12. The topological polar surface area (TPSA) is 85.4 Å². The van der Waals surface area contributed by atoms with Crippen LogP contribution in [0.5, 0.6) is 5.88 Å². The molecule has 0 unspecified atom stereocenters. The van der Waals surface area contributed by atoms with Gasteiger partial charge < -0.3 is 15.0 Å². The van der Waals surface area contributed by atoms with Gasteiger partial charge in [0.1, 0.15) is 17.7 Å². The maximum absolute atomic E-state index is 14.8. The number of methoxy groups -OCH3 is 1. The highest BCUT2D eigenvalue weighted by Gasteiger charge is 2.44. The monoisotopic (exact) mass is 464 g/mol. The second-order valence-corrected chi connectivity index (χ2v) is 7.77. The molecular weight excluding hydrogens is 437 g/mol. The van der Waals surface area contributed by atoms with Crippen molar-refractivity contribution in [2.24, 2.45) is 0 Å². The molecule has 1 aromatic carbocycles. The van der Waals surface area contributed by atoms with Gasteiger partial charge in [-0.25, -0.2) is 22.4 Å². The molecule has 0 aliphatic carbocycles. The summed E-state index contributed by atoms with van der Waals surface area (Å²) in [5.41, 5.74) is 2.71. The number of aromatic nitrogens is 6. The Morgan fingerprint density at radius 2 is 2.24 bits per heavy atom. The van der Waals surface area contributed by atoms with E-state index in [0.29, 0.717) is 27.7 Å². The quantitative estimate of drug-likeness (QED) is 0.470. The van der Waals surface area contributed by atoms with Gasteiger partial charge in [-0.1, -0.05) is 11.3 Å². The maximum Gasteiger partial charge on any atom is 0.280 e. The van der Waals surface area contributed by atoms with Crippen molar-refractivity contribution in [2.75, 3.05) is 39.2 Å². The number of alkyl halides is 3. The van der Waals surface area contributed by atoms with Gasteiger partial charge in [0.25, 0.3) is 5.92 Å². The fourth-order valence-corrected chi connectivity index (χ4v) is 4.00. The molecule has 12 heteroatoms. The normalized spacial score (nSPS) is 20.9. The lowest BCUT2D eigenvalue weighted by molar-refractivity contribution is -0.0675. The minimum absolute atomic E-state index is 0.0392. The van der Waals surface area contributed by atoms with Crippen molar-refractivity contribution < 1.29 is 23.4 Å². The van der Waals surface area contributed by atoms with Crippen molar-refractivity contribution in [3.8, 4) is 17.0 Å². The van der Waals surface area contributed by atoms with Crippen molar-refractivity contribution in [3.05, 3.63) is 30.4 Å². The van der Waals surface area contributed by atoms with Crippen molar-refractivity contribution >= 4 is 22.5 Å². The zero-order chi connectivity index (χ0) is 26.5. The average Bonchev–Trinajstić information content (AvgIpc) is 3.40. The molecule has 5 rings (SSSR count). The van der Waals surface area contributed by atoms with Gasteiger partial charge >= 0.3 is 0 Å². The predicted molar refractivity (Wildman–Crippen MR) is 117 cm³/mol. The van der Waals surface area contributed by atoms with E-state index in [0.717, 1.165) is 4.90 Å². The largest absolute Gasteiger partial charge is 0.479 e. The molecule has 1 atom stereocenters. The van der Waals surface area contributed by atoms with Gasteiger partial charge in [-0.3, -0.25) is 0 Å². The smallest absolute Gasteiger partial charge is 0.280 e. The molecular formula is C21H23F3N8O. The molecule has 0 amide bonds. The average molecular weight is 464 g/mol. The molecule has 1 aliphatic rings. The van der Waals surface area contributed by atoms with Crippen LogP contribution in [0.4, 0.5) is 19.1 Å². The van der Waals surface area contributed by atoms with Gasteiger partial charge in [-0.05, 0) is 37.2 Å². The van der Waals surface area contributed by atoms with Crippen LogP contribution in [-0.4, -0.2) is 80.3 Å². The van der Waals surface area contributed by atoms with Gasteiger partial charge in [-0.15, -0.1) is 10.2 Å². The van der Waals surface area contributed by atoms with Crippen LogP contribution >= 0.6 is 0 Å². The van der Waals surface area contributed by atoms with E-state index in [-0.39, 0.29) is 37.5 Å². The lowest BCUT2D eigenvalue weighted by Crippen LogP contribution is -2.53. The van der Waals surface area contributed by atoms with Crippen LogP contribution in [0, 0.1) is 0 Å². The number of nitrogens with one attached hydrogen (secondary N) is 1. The Labute approximate surface area is 192 Å². The third-order valence-corrected chi connectivity index (χ3v) is 5.62. The molecule has 33 heavy (non-hydrogen) atoms. The Kier molecular flexibility index (Phi) is 4.24. The summed E-state index contributed by atoms with van der Waals surface area (Å²) in [6.45, 7) is -4.18. The van der Waals surface area contributed by atoms with Crippen molar-refractivity contribution in [3.63, 3.8) is 0 Å². The van der Waals surface area contributed by atoms with Crippen LogP contribution < -0.4 is 10.1 Å². The summed E-state index contributed by atoms with van der Waals surface area (Å²) in [6, 6.07) is 5.35. The molecule has 174 valence electrons. The van der Waals surface area contributed by atoms with E-state index < -0.39 is 32.2 Å². The molecule has 9 nitrogen and oxygen atoms in total. The number of rotatable bonds is 6. The Hall–Kier alpha value is -3.41. The van der Waals surface area contributed by atoms with E-state index in [1.165, 1.54) is 22.4 Å². The molecule has 0 spiro atoms. The summed E-state index contributed by atoms with van der Waals surface area (Å²) in [5.74, 6) is -3.51. The second kappa shape index (κ2) is 8.18. The first-order chi connectivity index (χ1) is 17.5. The summed E-state index contributed by atoms with van der Waals surface area (Å²) >= 11 is 0. The summed E-state index contributed by atoms with van der Waals surface area (Å²) in [6.07, 6.45) is -0.200. The summed E-state index contributed by atoms with van der Waals surface area (Å²) in [7, 11) is 1.36. The Bertz CT molecular complexity index is 1460. The summed E-state index contributed by atoms with van der Waals surface area (Å²) in [4.78, 5) is 5.03. The highest BCUT2D eigenvalue weighted by molar-refractivity contribution is 5.89. The van der Waals surface area contributed by atoms with Gasteiger partial charge in [0.15, 0.2) is 0 Å². The van der Waals surface area contributed by atoms with Crippen LogP contribution in [0.3, 0.4) is 0 Å². The lowest BCUT2D eigenvalue weighted by atomic mass is 10.0. The molecule has 0 radical (unpaired) electrons. The number of aryl methyl sites for hydroxylation is 1. The number of hydrogen-bond acceptors (Lipinski definition) is 7. The summed E-state index contributed by atoms with van der Waals surface area (Å²) in [5, 5.41) is 14.8. The van der Waals surface area contributed by atoms with E-state index in [2.05, 4.69) is 25.7 Å². The van der Waals surface area contributed by atoms with Gasteiger partial charge in [0, 0.05) is 22.4 Å². The number of hydrogen-bond donors (Lipinski definition) is 1. The first-order valence-corrected chi connectivity index (χ1v) is 10.2. The lowest BCUT2D eigenvalue weighted by Gasteiger charge is -2.36. The second-order valence-electron chi connectivity index (χ2n) is 7.77. The van der Waals surface area contributed by atoms with E-state index in [4.69, 9.17) is 10.2 Å². The Morgan fingerprint density at radius 3 is 3.00 bits per heavy atom. The zero-order valence-electron chi connectivity index (χ0n) is 21.6. The number of anilines is 1. The number of benzene rings is 1.